The number of rotatable bonds is 11. The Kier molecular flexibility index (Phi) is 8.53. The molecule has 1 aliphatic rings. The minimum atomic E-state index is -2.37. The topological polar surface area (TPSA) is 106 Å². The zero-order chi connectivity index (χ0) is 31.0. The molecular formula is C33H27BrF2N2O5S. The van der Waals surface area contributed by atoms with Crippen LogP contribution in [-0.4, -0.2) is 21.2 Å². The van der Waals surface area contributed by atoms with Gasteiger partial charge in [-0.1, -0.05) is 18.2 Å². The molecule has 1 saturated carbocycles. The third-order valence-corrected chi connectivity index (χ3v) is 8.96. The SMILES string of the molecule is NC(=O)c1c(Cc2ccc(Oc3ccc(F)cc3)cc2)oc2cc(N(CCc3ccc(Br)c(F)c3)S(=O)O)c(C3CC3)cc12. The summed E-state index contributed by atoms with van der Waals surface area (Å²) in [5.74, 6) is 0.202. The summed E-state index contributed by atoms with van der Waals surface area (Å²) in [4.78, 5) is 12.7. The van der Waals surface area contributed by atoms with E-state index in [0.717, 1.165) is 24.0 Å². The van der Waals surface area contributed by atoms with E-state index in [4.69, 9.17) is 14.9 Å². The van der Waals surface area contributed by atoms with Gasteiger partial charge in [-0.05, 0) is 112 Å². The summed E-state index contributed by atoms with van der Waals surface area (Å²) >= 11 is 0.777. The number of anilines is 1. The van der Waals surface area contributed by atoms with E-state index in [9.17, 15) is 22.3 Å². The highest BCUT2D eigenvalue weighted by molar-refractivity contribution is 9.10. The van der Waals surface area contributed by atoms with Crippen molar-refractivity contribution < 1.29 is 31.5 Å². The number of primary amides is 1. The number of hydrogen-bond acceptors (Lipinski definition) is 4. The Balaban J connectivity index is 1.30. The summed E-state index contributed by atoms with van der Waals surface area (Å²) in [6, 6.07) is 21.2. The number of furan rings is 1. The molecule has 0 aliphatic heterocycles. The van der Waals surface area contributed by atoms with E-state index in [2.05, 4.69) is 15.9 Å². The van der Waals surface area contributed by atoms with E-state index in [1.807, 2.05) is 18.2 Å². The number of carbonyl (C=O) groups excluding carboxylic acids is 1. The van der Waals surface area contributed by atoms with Crippen molar-refractivity contribution in [2.24, 2.45) is 5.73 Å². The van der Waals surface area contributed by atoms with Gasteiger partial charge >= 0.3 is 0 Å². The van der Waals surface area contributed by atoms with Crippen molar-refractivity contribution in [3.05, 3.63) is 123 Å². The third kappa shape index (κ3) is 6.54. The Morgan fingerprint density at radius 2 is 1.66 bits per heavy atom. The number of hydrogen-bond donors (Lipinski definition) is 2. The van der Waals surface area contributed by atoms with Crippen LogP contribution in [0, 0.1) is 11.6 Å². The normalized spacial score (nSPS) is 13.6. The second kappa shape index (κ2) is 12.5. The zero-order valence-electron chi connectivity index (χ0n) is 23.3. The average molecular weight is 682 g/mol. The first-order valence-corrected chi connectivity index (χ1v) is 15.8. The number of nitrogens with zero attached hydrogens (tertiary/aromatic N) is 1. The molecule has 3 N–H and O–H groups in total. The Labute approximate surface area is 263 Å². The predicted octanol–water partition coefficient (Wildman–Crippen LogP) is 8.02. The molecule has 1 aromatic heterocycles. The number of amides is 1. The van der Waals surface area contributed by atoms with Crippen molar-refractivity contribution in [2.75, 3.05) is 10.8 Å². The maximum absolute atomic E-state index is 14.1. The monoisotopic (exact) mass is 680 g/mol. The molecule has 0 radical (unpaired) electrons. The lowest BCUT2D eigenvalue weighted by molar-refractivity contribution is 0.1000. The van der Waals surface area contributed by atoms with Crippen LogP contribution < -0.4 is 14.8 Å². The van der Waals surface area contributed by atoms with E-state index < -0.39 is 23.0 Å². The van der Waals surface area contributed by atoms with Gasteiger partial charge in [0.1, 0.15) is 34.5 Å². The molecule has 5 aromatic rings. The van der Waals surface area contributed by atoms with Gasteiger partial charge < -0.3 is 14.9 Å². The van der Waals surface area contributed by atoms with Gasteiger partial charge in [-0.2, -0.15) is 0 Å². The van der Waals surface area contributed by atoms with Crippen LogP contribution in [0.1, 0.15) is 51.6 Å². The molecule has 1 heterocycles. The molecular weight excluding hydrogens is 654 g/mol. The predicted molar refractivity (Wildman–Crippen MR) is 168 cm³/mol. The number of carbonyl (C=O) groups is 1. The van der Waals surface area contributed by atoms with Crippen LogP contribution in [0.4, 0.5) is 14.5 Å². The van der Waals surface area contributed by atoms with Gasteiger partial charge in [0.15, 0.2) is 0 Å². The summed E-state index contributed by atoms with van der Waals surface area (Å²) in [7, 11) is 0. The van der Waals surface area contributed by atoms with Crippen LogP contribution in [0.3, 0.4) is 0 Å². The minimum absolute atomic E-state index is 0.151. The molecule has 226 valence electrons. The number of benzene rings is 4. The van der Waals surface area contributed by atoms with Crippen LogP contribution >= 0.6 is 15.9 Å². The lowest BCUT2D eigenvalue weighted by Gasteiger charge is -2.23. The lowest BCUT2D eigenvalue weighted by Crippen LogP contribution is -2.28. The largest absolute Gasteiger partial charge is 0.460 e. The highest BCUT2D eigenvalue weighted by Crippen LogP contribution is 2.47. The smallest absolute Gasteiger partial charge is 0.261 e. The highest BCUT2D eigenvalue weighted by Gasteiger charge is 2.32. The lowest BCUT2D eigenvalue weighted by atomic mass is 10.0. The molecule has 11 heteroatoms. The van der Waals surface area contributed by atoms with Crippen molar-refractivity contribution in [1.82, 2.24) is 0 Å². The van der Waals surface area contributed by atoms with Gasteiger partial charge in [-0.15, -0.1) is 0 Å². The second-order valence-corrected chi connectivity index (χ2v) is 12.4. The first kappa shape index (κ1) is 30.0. The summed E-state index contributed by atoms with van der Waals surface area (Å²) < 4.78 is 63.8. The fourth-order valence-electron chi connectivity index (χ4n) is 5.24. The van der Waals surface area contributed by atoms with E-state index in [-0.39, 0.29) is 30.3 Å². The standard InChI is InChI=1S/C33H27BrF2N2O5S/c34-27-12-3-20(15-28(27)36)13-14-38(44(40)41)29-18-30-26(17-25(29)21-4-5-21)32(33(37)39)31(43-30)16-19-1-8-23(9-2-19)42-24-10-6-22(35)7-11-24/h1-3,6-12,15,17-18,21H,4-5,13-14,16H2,(H2,37,39)(H,40,41). The molecule has 0 spiro atoms. The van der Waals surface area contributed by atoms with Crippen LogP contribution in [0.5, 0.6) is 11.5 Å². The third-order valence-electron chi connectivity index (χ3n) is 7.56. The molecule has 6 rings (SSSR count). The first-order valence-electron chi connectivity index (χ1n) is 13.9. The summed E-state index contributed by atoms with van der Waals surface area (Å²) in [5.41, 5.74) is 9.35. The number of halogens is 3. The van der Waals surface area contributed by atoms with Gasteiger partial charge in [0.05, 0.1) is 15.7 Å². The van der Waals surface area contributed by atoms with Crippen molar-refractivity contribution >= 4 is 49.8 Å². The van der Waals surface area contributed by atoms with E-state index in [1.165, 1.54) is 34.6 Å². The van der Waals surface area contributed by atoms with Gasteiger partial charge in [-0.25, -0.2) is 13.0 Å². The minimum Gasteiger partial charge on any atom is -0.460 e. The zero-order valence-corrected chi connectivity index (χ0v) is 25.7. The van der Waals surface area contributed by atoms with Crippen LogP contribution in [0.15, 0.2) is 87.8 Å². The first-order chi connectivity index (χ1) is 21.2. The van der Waals surface area contributed by atoms with E-state index >= 15 is 0 Å². The Bertz CT molecular complexity index is 1870. The average Bonchev–Trinajstić information content (AvgIpc) is 3.77. The fraction of sp³-hybridized carbons (Fsp3) is 0.182. The maximum atomic E-state index is 14.1. The Morgan fingerprint density at radius 3 is 2.27 bits per heavy atom. The molecule has 1 fully saturated rings. The summed E-state index contributed by atoms with van der Waals surface area (Å²) in [5, 5.41) is 0.549. The number of ether oxygens (including phenoxy) is 1. The fourth-order valence-corrected chi connectivity index (χ4v) is 6.06. The van der Waals surface area contributed by atoms with Gasteiger partial charge in [0.25, 0.3) is 17.2 Å². The summed E-state index contributed by atoms with van der Waals surface area (Å²) in [6.45, 7) is 0.151. The van der Waals surface area contributed by atoms with Crippen LogP contribution in [-0.2, 0) is 24.1 Å². The summed E-state index contributed by atoms with van der Waals surface area (Å²) in [6.07, 6.45) is 2.41. The molecule has 1 unspecified atom stereocenters. The molecule has 0 saturated heterocycles. The van der Waals surface area contributed by atoms with E-state index in [1.54, 1.807) is 30.3 Å². The quantitative estimate of drug-likeness (QED) is 0.137. The van der Waals surface area contributed by atoms with Crippen LogP contribution in [0.25, 0.3) is 11.0 Å². The molecule has 0 bridgehead atoms. The van der Waals surface area contributed by atoms with Gasteiger partial charge in [0, 0.05) is 24.4 Å². The number of nitrogens with two attached hydrogens (primary N) is 1. The Hall–Kier alpha value is -4.06. The maximum Gasteiger partial charge on any atom is 0.261 e. The van der Waals surface area contributed by atoms with Crippen molar-refractivity contribution in [1.29, 1.82) is 0 Å². The van der Waals surface area contributed by atoms with Gasteiger partial charge in [0.2, 0.25) is 0 Å². The highest BCUT2D eigenvalue weighted by atomic mass is 79.9. The van der Waals surface area contributed by atoms with Gasteiger partial charge in [-0.3, -0.25) is 13.7 Å². The van der Waals surface area contributed by atoms with Crippen molar-refractivity contribution in [2.45, 2.75) is 31.6 Å². The molecule has 4 aromatic carbocycles. The molecule has 1 atom stereocenters. The second-order valence-electron chi connectivity index (χ2n) is 10.7. The van der Waals surface area contributed by atoms with Crippen molar-refractivity contribution in [3.8, 4) is 11.5 Å². The molecule has 7 nitrogen and oxygen atoms in total. The van der Waals surface area contributed by atoms with Crippen molar-refractivity contribution in [3.63, 3.8) is 0 Å². The molecule has 1 aliphatic carbocycles. The molecule has 44 heavy (non-hydrogen) atoms. The van der Waals surface area contributed by atoms with E-state index in [0.29, 0.717) is 50.4 Å². The Morgan fingerprint density at radius 1 is 1.00 bits per heavy atom. The molecule has 1 amide bonds. The van der Waals surface area contributed by atoms with Crippen LogP contribution in [0.2, 0.25) is 0 Å². The number of fused-ring (bicyclic) bond motifs is 1.